The number of anilines is 1. The van der Waals surface area contributed by atoms with Gasteiger partial charge in [0.2, 0.25) is 0 Å². The van der Waals surface area contributed by atoms with Gasteiger partial charge in [-0.3, -0.25) is 4.79 Å². The Kier molecular flexibility index (Phi) is 4.02. The summed E-state index contributed by atoms with van der Waals surface area (Å²) in [6, 6.07) is 1.95. The number of carbonyl (C=O) groups is 1. The van der Waals surface area contributed by atoms with Crippen LogP contribution >= 0.6 is 0 Å². The molecule has 0 fully saturated rings. The zero-order valence-electron chi connectivity index (χ0n) is 13.1. The van der Waals surface area contributed by atoms with Crippen LogP contribution in [0.2, 0.25) is 0 Å². The van der Waals surface area contributed by atoms with E-state index in [9.17, 15) is 18.0 Å². The molecule has 0 spiro atoms. The van der Waals surface area contributed by atoms with Crippen LogP contribution in [0, 0.1) is 0 Å². The van der Waals surface area contributed by atoms with E-state index in [2.05, 4.69) is 15.7 Å². The van der Waals surface area contributed by atoms with E-state index in [-0.39, 0.29) is 24.0 Å². The molecule has 0 saturated carbocycles. The minimum atomic E-state index is -4.49. The molecule has 1 aliphatic rings. The van der Waals surface area contributed by atoms with Gasteiger partial charge in [-0.05, 0) is 26.0 Å². The SMILES string of the molecule is CC(C)NC(=O)c1cc2n(n1)[C@H](C(F)(F)F)C[C@@H](c1ccco1)N2. The van der Waals surface area contributed by atoms with E-state index in [4.69, 9.17) is 4.42 Å². The Hall–Kier alpha value is -2.45. The van der Waals surface area contributed by atoms with E-state index < -0.39 is 24.2 Å². The molecule has 3 rings (SSSR count). The van der Waals surface area contributed by atoms with Crippen molar-refractivity contribution in [3.05, 3.63) is 35.9 Å². The summed E-state index contributed by atoms with van der Waals surface area (Å²) in [6.07, 6.45) is -3.34. The molecule has 24 heavy (non-hydrogen) atoms. The highest BCUT2D eigenvalue weighted by molar-refractivity contribution is 5.93. The van der Waals surface area contributed by atoms with Crippen molar-refractivity contribution in [3.63, 3.8) is 0 Å². The molecule has 2 N–H and O–H groups in total. The molecule has 2 aromatic heterocycles. The highest BCUT2D eigenvalue weighted by Crippen LogP contribution is 2.43. The van der Waals surface area contributed by atoms with Crippen molar-refractivity contribution in [3.8, 4) is 0 Å². The molecule has 130 valence electrons. The standard InChI is InChI=1S/C15H17F3N4O2/c1-8(2)19-14(23)10-7-13-20-9(11-4-3-5-24-11)6-12(15(16,17)18)22(13)21-10/h3-5,7-9,12,20H,6H2,1-2H3,(H,19,23)/t9-,12-/m0/s1. The van der Waals surface area contributed by atoms with Gasteiger partial charge < -0.3 is 15.1 Å². The van der Waals surface area contributed by atoms with Gasteiger partial charge in [0.25, 0.3) is 5.91 Å². The lowest BCUT2D eigenvalue weighted by Crippen LogP contribution is -2.36. The number of alkyl halides is 3. The van der Waals surface area contributed by atoms with Crippen LogP contribution in [0.25, 0.3) is 0 Å². The third kappa shape index (κ3) is 3.10. The van der Waals surface area contributed by atoms with Gasteiger partial charge in [0.1, 0.15) is 11.6 Å². The maximum absolute atomic E-state index is 13.4. The van der Waals surface area contributed by atoms with Gasteiger partial charge in [0, 0.05) is 18.5 Å². The molecule has 0 aromatic carbocycles. The Balaban J connectivity index is 1.95. The molecular weight excluding hydrogens is 325 g/mol. The second kappa shape index (κ2) is 5.88. The van der Waals surface area contributed by atoms with Crippen molar-refractivity contribution in [2.75, 3.05) is 5.32 Å². The van der Waals surface area contributed by atoms with E-state index in [1.54, 1.807) is 26.0 Å². The Bertz CT molecular complexity index is 722. The van der Waals surface area contributed by atoms with Gasteiger partial charge in [0.15, 0.2) is 11.7 Å². The van der Waals surface area contributed by atoms with Crippen LogP contribution in [0.4, 0.5) is 19.0 Å². The first-order chi connectivity index (χ1) is 11.3. The lowest BCUT2D eigenvalue weighted by atomic mass is 10.0. The first kappa shape index (κ1) is 16.4. The number of nitrogens with one attached hydrogen (secondary N) is 2. The minimum Gasteiger partial charge on any atom is -0.467 e. The van der Waals surface area contributed by atoms with Crippen molar-refractivity contribution in [2.24, 2.45) is 0 Å². The van der Waals surface area contributed by atoms with E-state index in [0.29, 0.717) is 5.76 Å². The van der Waals surface area contributed by atoms with Gasteiger partial charge in [-0.2, -0.15) is 18.3 Å². The third-order valence-corrected chi connectivity index (χ3v) is 3.73. The fourth-order valence-corrected chi connectivity index (χ4v) is 2.70. The minimum absolute atomic E-state index is 0.0551. The lowest BCUT2D eigenvalue weighted by Gasteiger charge is -2.32. The number of carbonyl (C=O) groups excluding carboxylic acids is 1. The molecule has 3 heterocycles. The molecule has 0 radical (unpaired) electrons. The average Bonchev–Trinajstić information content (AvgIpc) is 3.13. The number of hydrogen-bond donors (Lipinski definition) is 2. The monoisotopic (exact) mass is 342 g/mol. The van der Waals surface area contributed by atoms with E-state index in [0.717, 1.165) is 4.68 Å². The van der Waals surface area contributed by atoms with Crippen LogP contribution in [-0.4, -0.2) is 27.9 Å². The van der Waals surface area contributed by atoms with Crippen molar-refractivity contribution >= 4 is 11.7 Å². The number of hydrogen-bond acceptors (Lipinski definition) is 4. The molecular formula is C15H17F3N4O2. The maximum atomic E-state index is 13.4. The highest BCUT2D eigenvalue weighted by Gasteiger charge is 2.47. The summed E-state index contributed by atoms with van der Waals surface area (Å²) in [5, 5.41) is 9.43. The number of rotatable bonds is 3. The van der Waals surface area contributed by atoms with Crippen LogP contribution in [-0.2, 0) is 0 Å². The van der Waals surface area contributed by atoms with Crippen LogP contribution in [0.1, 0.15) is 48.6 Å². The lowest BCUT2D eigenvalue weighted by molar-refractivity contribution is -0.174. The Labute approximate surface area is 136 Å². The zero-order chi connectivity index (χ0) is 17.5. The van der Waals surface area contributed by atoms with E-state index >= 15 is 0 Å². The van der Waals surface area contributed by atoms with Gasteiger partial charge in [-0.1, -0.05) is 0 Å². The molecule has 1 amide bonds. The molecule has 9 heteroatoms. The van der Waals surface area contributed by atoms with Gasteiger partial charge >= 0.3 is 6.18 Å². The van der Waals surface area contributed by atoms with Crippen molar-refractivity contribution < 1.29 is 22.4 Å². The number of amides is 1. The number of aromatic nitrogens is 2. The summed E-state index contributed by atoms with van der Waals surface area (Å²) < 4.78 is 46.4. The summed E-state index contributed by atoms with van der Waals surface area (Å²) in [7, 11) is 0. The molecule has 2 aromatic rings. The van der Waals surface area contributed by atoms with Crippen LogP contribution in [0.5, 0.6) is 0 Å². The summed E-state index contributed by atoms with van der Waals surface area (Å²) in [6.45, 7) is 3.52. The van der Waals surface area contributed by atoms with Crippen molar-refractivity contribution in [1.82, 2.24) is 15.1 Å². The predicted octanol–water partition coefficient (Wildman–Crippen LogP) is 3.27. The quantitative estimate of drug-likeness (QED) is 0.898. The van der Waals surface area contributed by atoms with Crippen LogP contribution < -0.4 is 10.6 Å². The second-order valence-electron chi connectivity index (χ2n) is 5.99. The average molecular weight is 342 g/mol. The molecule has 0 aliphatic carbocycles. The summed E-state index contributed by atoms with van der Waals surface area (Å²) in [5.74, 6) is 0.0351. The Morgan fingerprint density at radius 1 is 1.50 bits per heavy atom. The molecule has 1 aliphatic heterocycles. The smallest absolute Gasteiger partial charge is 0.410 e. The summed E-state index contributed by atoms with van der Waals surface area (Å²) in [5.41, 5.74) is -0.0551. The number of furan rings is 1. The first-order valence-electron chi connectivity index (χ1n) is 7.52. The molecule has 0 saturated heterocycles. The normalized spacial score (nSPS) is 20.6. The molecule has 0 unspecified atom stereocenters. The molecule has 6 nitrogen and oxygen atoms in total. The van der Waals surface area contributed by atoms with Crippen molar-refractivity contribution in [2.45, 2.75) is 44.6 Å². The van der Waals surface area contributed by atoms with Crippen LogP contribution in [0.15, 0.2) is 28.9 Å². The maximum Gasteiger partial charge on any atom is 0.410 e. The zero-order valence-corrected chi connectivity index (χ0v) is 13.1. The second-order valence-corrected chi connectivity index (χ2v) is 5.99. The van der Waals surface area contributed by atoms with Crippen LogP contribution in [0.3, 0.4) is 0 Å². The Morgan fingerprint density at radius 3 is 2.83 bits per heavy atom. The number of halogens is 3. The third-order valence-electron chi connectivity index (χ3n) is 3.73. The predicted molar refractivity (Wildman–Crippen MR) is 79.6 cm³/mol. The molecule has 0 bridgehead atoms. The summed E-state index contributed by atoms with van der Waals surface area (Å²) in [4.78, 5) is 12.0. The van der Waals surface area contributed by atoms with Gasteiger partial charge in [0.05, 0.1) is 12.3 Å². The summed E-state index contributed by atoms with van der Waals surface area (Å²) >= 11 is 0. The van der Waals surface area contributed by atoms with E-state index in [1.807, 2.05) is 0 Å². The fourth-order valence-electron chi connectivity index (χ4n) is 2.70. The fraction of sp³-hybridized carbons (Fsp3) is 0.467. The molecule has 2 atom stereocenters. The van der Waals surface area contributed by atoms with Gasteiger partial charge in [-0.15, -0.1) is 0 Å². The number of nitrogens with zero attached hydrogens (tertiary/aromatic N) is 2. The van der Waals surface area contributed by atoms with E-state index in [1.165, 1.54) is 12.3 Å². The largest absolute Gasteiger partial charge is 0.467 e. The number of fused-ring (bicyclic) bond motifs is 1. The Morgan fingerprint density at radius 2 is 2.25 bits per heavy atom. The first-order valence-corrected chi connectivity index (χ1v) is 7.52. The topological polar surface area (TPSA) is 72.1 Å². The van der Waals surface area contributed by atoms with Crippen molar-refractivity contribution in [1.29, 1.82) is 0 Å². The highest BCUT2D eigenvalue weighted by atomic mass is 19.4. The van der Waals surface area contributed by atoms with Gasteiger partial charge in [-0.25, -0.2) is 4.68 Å².